The zero-order valence-corrected chi connectivity index (χ0v) is 17.6. The molecule has 0 aliphatic carbocycles. The predicted molar refractivity (Wildman–Crippen MR) is 111 cm³/mol. The third kappa shape index (κ3) is 6.51. The Morgan fingerprint density at radius 2 is 1.59 bits per heavy atom. The number of likely N-dealkylation sites (tertiary alicyclic amines) is 1. The summed E-state index contributed by atoms with van der Waals surface area (Å²) in [6.45, 7) is 10.2. The number of carbonyl (C=O) groups is 2. The Morgan fingerprint density at radius 3 is 2.21 bits per heavy atom. The fourth-order valence-electron chi connectivity index (χ4n) is 4.36. The molecule has 7 heteroatoms. The molecule has 0 radical (unpaired) electrons. The molecular formula is C22H33FN4O2. The molecule has 0 bridgehead atoms. The first-order valence-corrected chi connectivity index (χ1v) is 10.6. The van der Waals surface area contributed by atoms with Crippen LogP contribution in [-0.4, -0.2) is 78.9 Å². The lowest BCUT2D eigenvalue weighted by Gasteiger charge is -2.38. The van der Waals surface area contributed by atoms with Crippen molar-refractivity contribution in [1.82, 2.24) is 20.0 Å². The largest absolute Gasteiger partial charge is 0.351 e. The summed E-state index contributed by atoms with van der Waals surface area (Å²) in [5.41, 5.74) is 0.491. The molecule has 3 rings (SSSR count). The number of piperidine rings is 1. The zero-order valence-electron chi connectivity index (χ0n) is 17.6. The van der Waals surface area contributed by atoms with Gasteiger partial charge in [0.2, 0.25) is 11.8 Å². The summed E-state index contributed by atoms with van der Waals surface area (Å²) >= 11 is 0. The van der Waals surface area contributed by atoms with Gasteiger partial charge in [0, 0.05) is 51.4 Å². The van der Waals surface area contributed by atoms with E-state index in [1.165, 1.54) is 12.5 Å². The number of rotatable bonds is 6. The second kappa shape index (κ2) is 10.2. The van der Waals surface area contributed by atoms with Crippen LogP contribution in [0.5, 0.6) is 0 Å². The molecule has 0 unspecified atom stereocenters. The molecule has 2 saturated heterocycles. The van der Waals surface area contributed by atoms with E-state index in [-0.39, 0.29) is 24.2 Å². The van der Waals surface area contributed by atoms with Gasteiger partial charge in [-0.15, -0.1) is 0 Å². The van der Waals surface area contributed by atoms with Gasteiger partial charge in [-0.3, -0.25) is 19.4 Å². The van der Waals surface area contributed by atoms with Crippen molar-refractivity contribution < 1.29 is 14.0 Å². The Morgan fingerprint density at radius 1 is 1.00 bits per heavy atom. The predicted octanol–water partition coefficient (Wildman–Crippen LogP) is 1.56. The van der Waals surface area contributed by atoms with Gasteiger partial charge in [0.15, 0.2) is 0 Å². The van der Waals surface area contributed by atoms with Crippen LogP contribution in [0.4, 0.5) is 4.39 Å². The summed E-state index contributed by atoms with van der Waals surface area (Å²) in [6, 6.07) is 6.47. The van der Waals surface area contributed by atoms with E-state index in [0.29, 0.717) is 30.5 Å². The maximum atomic E-state index is 13.6. The number of hydrogen-bond acceptors (Lipinski definition) is 4. The summed E-state index contributed by atoms with van der Waals surface area (Å²) in [4.78, 5) is 31.1. The summed E-state index contributed by atoms with van der Waals surface area (Å²) in [6.07, 6.45) is 1.20. The first kappa shape index (κ1) is 21.7. The highest BCUT2D eigenvalue weighted by Crippen LogP contribution is 2.21. The third-order valence-corrected chi connectivity index (χ3v) is 5.85. The molecule has 2 fully saturated rings. The summed E-state index contributed by atoms with van der Waals surface area (Å²) in [5.74, 6) is 0.960. The molecule has 2 atom stereocenters. The molecule has 160 valence electrons. The van der Waals surface area contributed by atoms with Gasteiger partial charge in [-0.2, -0.15) is 0 Å². The van der Waals surface area contributed by atoms with Crippen molar-refractivity contribution in [2.24, 2.45) is 11.8 Å². The van der Waals surface area contributed by atoms with Crippen LogP contribution >= 0.6 is 0 Å². The number of nitrogens with one attached hydrogen (secondary N) is 1. The highest BCUT2D eigenvalue weighted by Gasteiger charge is 2.27. The number of hydrogen-bond donors (Lipinski definition) is 1. The third-order valence-electron chi connectivity index (χ3n) is 5.85. The van der Waals surface area contributed by atoms with E-state index in [1.807, 2.05) is 4.90 Å². The molecule has 0 spiro atoms. The fourth-order valence-corrected chi connectivity index (χ4v) is 4.36. The topological polar surface area (TPSA) is 55.9 Å². The normalized spacial score (nSPS) is 23.8. The molecule has 1 aromatic rings. The van der Waals surface area contributed by atoms with E-state index in [0.717, 1.165) is 39.3 Å². The first-order valence-electron chi connectivity index (χ1n) is 10.6. The van der Waals surface area contributed by atoms with Crippen LogP contribution in [0.1, 0.15) is 25.8 Å². The zero-order chi connectivity index (χ0) is 20.8. The fraction of sp³-hybridized carbons (Fsp3) is 0.636. The lowest BCUT2D eigenvalue weighted by molar-refractivity contribution is -0.135. The Bertz CT molecular complexity index is 696. The number of carbonyl (C=O) groups excluding carboxylic acids is 2. The number of nitrogens with zero attached hydrogens (tertiary/aromatic N) is 3. The van der Waals surface area contributed by atoms with Gasteiger partial charge in [-0.25, -0.2) is 4.39 Å². The monoisotopic (exact) mass is 404 g/mol. The van der Waals surface area contributed by atoms with Crippen molar-refractivity contribution in [3.63, 3.8) is 0 Å². The van der Waals surface area contributed by atoms with E-state index in [9.17, 15) is 14.0 Å². The Balaban J connectivity index is 1.36. The van der Waals surface area contributed by atoms with E-state index in [1.54, 1.807) is 18.2 Å². The Labute approximate surface area is 173 Å². The lowest BCUT2D eigenvalue weighted by Crippen LogP contribution is -2.53. The van der Waals surface area contributed by atoms with Gasteiger partial charge in [0.25, 0.3) is 0 Å². The average molecular weight is 405 g/mol. The number of piperazine rings is 1. The highest BCUT2D eigenvalue weighted by molar-refractivity contribution is 5.79. The summed E-state index contributed by atoms with van der Waals surface area (Å²) in [5, 5.41) is 2.79. The van der Waals surface area contributed by atoms with Crippen LogP contribution in [0, 0.1) is 17.7 Å². The van der Waals surface area contributed by atoms with Crippen LogP contribution in [0.15, 0.2) is 24.3 Å². The van der Waals surface area contributed by atoms with Gasteiger partial charge < -0.3 is 10.2 Å². The van der Waals surface area contributed by atoms with Gasteiger partial charge in [0.05, 0.1) is 13.1 Å². The molecule has 2 aliphatic rings. The van der Waals surface area contributed by atoms with Gasteiger partial charge in [-0.1, -0.05) is 32.0 Å². The minimum atomic E-state index is -0.302. The van der Waals surface area contributed by atoms with Crippen LogP contribution in [-0.2, 0) is 16.1 Å². The highest BCUT2D eigenvalue weighted by atomic mass is 19.1. The van der Waals surface area contributed by atoms with E-state index in [2.05, 4.69) is 29.0 Å². The molecule has 2 amide bonds. The van der Waals surface area contributed by atoms with Crippen molar-refractivity contribution in [3.8, 4) is 0 Å². The van der Waals surface area contributed by atoms with Crippen LogP contribution in [0.3, 0.4) is 0 Å². The summed E-state index contributed by atoms with van der Waals surface area (Å²) in [7, 11) is 0. The smallest absolute Gasteiger partial charge is 0.236 e. The number of amides is 2. The molecule has 0 aromatic heterocycles. The van der Waals surface area contributed by atoms with Gasteiger partial charge in [0.1, 0.15) is 5.82 Å². The maximum Gasteiger partial charge on any atom is 0.236 e. The minimum Gasteiger partial charge on any atom is -0.351 e. The quantitative estimate of drug-likeness (QED) is 0.782. The van der Waals surface area contributed by atoms with Gasteiger partial charge in [-0.05, 0) is 24.3 Å². The molecule has 1 aromatic carbocycles. The van der Waals surface area contributed by atoms with E-state index in [4.69, 9.17) is 0 Å². The number of benzene rings is 1. The second-order valence-corrected chi connectivity index (χ2v) is 8.67. The molecule has 6 nitrogen and oxygen atoms in total. The van der Waals surface area contributed by atoms with Crippen molar-refractivity contribution in [1.29, 1.82) is 0 Å². The summed E-state index contributed by atoms with van der Waals surface area (Å²) < 4.78 is 13.6. The standard InChI is InChI=1S/C22H33FN4O2/c1-17-11-18(2)14-27(13-17)22(29)16-26-9-7-25(8-10-26)15-21(28)24-12-19-5-3-4-6-20(19)23/h3-6,17-18H,7-16H2,1-2H3,(H,24,28)/t17-,18-/m1/s1. The molecule has 0 saturated carbocycles. The van der Waals surface area contributed by atoms with Gasteiger partial charge >= 0.3 is 0 Å². The molecule has 2 aliphatic heterocycles. The first-order chi connectivity index (χ1) is 13.9. The molecule has 29 heavy (non-hydrogen) atoms. The van der Waals surface area contributed by atoms with E-state index < -0.39 is 0 Å². The van der Waals surface area contributed by atoms with Crippen LogP contribution < -0.4 is 5.32 Å². The molecule has 1 N–H and O–H groups in total. The second-order valence-electron chi connectivity index (χ2n) is 8.67. The van der Waals surface area contributed by atoms with Crippen LogP contribution in [0.2, 0.25) is 0 Å². The maximum absolute atomic E-state index is 13.6. The van der Waals surface area contributed by atoms with E-state index >= 15 is 0 Å². The lowest BCUT2D eigenvalue weighted by atomic mass is 9.92. The van der Waals surface area contributed by atoms with Crippen molar-refractivity contribution in [3.05, 3.63) is 35.6 Å². The van der Waals surface area contributed by atoms with Crippen LogP contribution in [0.25, 0.3) is 0 Å². The van der Waals surface area contributed by atoms with Crippen molar-refractivity contribution >= 4 is 11.8 Å². The molecule has 2 heterocycles. The molecular weight excluding hydrogens is 371 g/mol. The SMILES string of the molecule is C[C@@H]1C[C@@H](C)CN(C(=O)CN2CCN(CC(=O)NCc3ccccc3F)CC2)C1. The van der Waals surface area contributed by atoms with Crippen molar-refractivity contribution in [2.75, 3.05) is 52.4 Å². The average Bonchev–Trinajstić information content (AvgIpc) is 2.68. The number of halogens is 1. The Kier molecular flexibility index (Phi) is 7.61. The Hall–Kier alpha value is -1.99. The van der Waals surface area contributed by atoms with Crippen molar-refractivity contribution in [2.45, 2.75) is 26.8 Å². The minimum absolute atomic E-state index is 0.103.